The Morgan fingerprint density at radius 2 is 1.48 bits per heavy atom. The molecule has 5 heteroatoms. The van der Waals surface area contributed by atoms with E-state index in [9.17, 15) is 8.78 Å². The second-order valence-electron chi connectivity index (χ2n) is 5.92. The highest BCUT2D eigenvalue weighted by atomic mass is 19.3. The Balaban J connectivity index is 2.21. The molecule has 0 amide bonds. The number of alkyl halides is 2. The van der Waals surface area contributed by atoms with Crippen molar-refractivity contribution in [2.75, 3.05) is 12.8 Å². The van der Waals surface area contributed by atoms with Crippen molar-refractivity contribution in [1.29, 1.82) is 0 Å². The summed E-state index contributed by atoms with van der Waals surface area (Å²) in [7, 11) is 1.57. The molecule has 3 aromatic carbocycles. The van der Waals surface area contributed by atoms with E-state index in [1.54, 1.807) is 13.1 Å². The van der Waals surface area contributed by atoms with E-state index < -0.39 is 6.43 Å². The third-order valence-corrected chi connectivity index (χ3v) is 4.07. The predicted molar refractivity (Wildman–Crippen MR) is 108 cm³/mol. The number of halogens is 2. The van der Waals surface area contributed by atoms with Gasteiger partial charge in [0.15, 0.2) is 0 Å². The van der Waals surface area contributed by atoms with Gasteiger partial charge < -0.3 is 5.73 Å². The van der Waals surface area contributed by atoms with Crippen molar-refractivity contribution >= 4 is 23.3 Å². The van der Waals surface area contributed by atoms with Crippen LogP contribution in [-0.4, -0.2) is 19.0 Å². The predicted octanol–water partition coefficient (Wildman–Crippen LogP) is 5.42. The van der Waals surface area contributed by atoms with E-state index in [-0.39, 0.29) is 11.3 Å². The van der Waals surface area contributed by atoms with Crippen LogP contribution in [0.2, 0.25) is 0 Å². The number of benzene rings is 3. The highest BCUT2D eigenvalue weighted by Crippen LogP contribution is 2.32. The van der Waals surface area contributed by atoms with Crippen molar-refractivity contribution in [3.05, 3.63) is 95.1 Å². The van der Waals surface area contributed by atoms with Gasteiger partial charge in [-0.2, -0.15) is 0 Å². The molecule has 0 spiro atoms. The highest BCUT2D eigenvalue weighted by Gasteiger charge is 2.16. The van der Waals surface area contributed by atoms with Crippen molar-refractivity contribution < 1.29 is 8.78 Å². The smallest absolute Gasteiger partial charge is 0.265 e. The standard InChI is InChI=1S/C22H19F2N3/c1-26-14-17-12-18(13-19(20(17)25)22(23)24)27-21(15-8-4-2-5-9-15)16-10-6-3-7-11-16/h2-14,22H,25H2,1H3. The third-order valence-electron chi connectivity index (χ3n) is 4.07. The Hall–Kier alpha value is -3.34. The van der Waals surface area contributed by atoms with Crippen LogP contribution in [0.15, 0.2) is 82.8 Å². The quantitative estimate of drug-likeness (QED) is 0.477. The first kappa shape index (κ1) is 18.5. The summed E-state index contributed by atoms with van der Waals surface area (Å²) in [6.45, 7) is 0. The van der Waals surface area contributed by atoms with Gasteiger partial charge >= 0.3 is 0 Å². The molecule has 0 radical (unpaired) electrons. The summed E-state index contributed by atoms with van der Waals surface area (Å²) >= 11 is 0. The van der Waals surface area contributed by atoms with E-state index in [1.807, 2.05) is 60.7 Å². The Bertz CT molecular complexity index is 924. The van der Waals surface area contributed by atoms with E-state index >= 15 is 0 Å². The van der Waals surface area contributed by atoms with Crippen molar-refractivity contribution in [3.63, 3.8) is 0 Å². The lowest BCUT2D eigenvalue weighted by Gasteiger charge is -2.12. The van der Waals surface area contributed by atoms with Gasteiger partial charge in [-0.15, -0.1) is 0 Å². The van der Waals surface area contributed by atoms with Crippen molar-refractivity contribution in [3.8, 4) is 0 Å². The Morgan fingerprint density at radius 1 is 0.926 bits per heavy atom. The molecule has 0 atom stereocenters. The lowest BCUT2D eigenvalue weighted by molar-refractivity contribution is 0.152. The maximum atomic E-state index is 13.4. The van der Waals surface area contributed by atoms with Gasteiger partial charge in [-0.3, -0.25) is 4.99 Å². The average molecular weight is 363 g/mol. The molecular formula is C22H19F2N3. The van der Waals surface area contributed by atoms with E-state index in [1.165, 1.54) is 12.3 Å². The molecule has 0 unspecified atom stereocenters. The average Bonchev–Trinajstić information content (AvgIpc) is 2.69. The zero-order valence-corrected chi connectivity index (χ0v) is 14.8. The van der Waals surface area contributed by atoms with E-state index in [2.05, 4.69) is 4.99 Å². The topological polar surface area (TPSA) is 50.7 Å². The molecule has 3 rings (SSSR count). The van der Waals surface area contributed by atoms with E-state index in [0.717, 1.165) is 11.1 Å². The zero-order valence-electron chi connectivity index (χ0n) is 14.8. The monoisotopic (exact) mass is 363 g/mol. The minimum Gasteiger partial charge on any atom is -0.398 e. The number of anilines is 1. The van der Waals surface area contributed by atoms with Crippen molar-refractivity contribution in [2.45, 2.75) is 6.43 Å². The largest absolute Gasteiger partial charge is 0.398 e. The summed E-state index contributed by atoms with van der Waals surface area (Å²) < 4.78 is 26.9. The van der Waals surface area contributed by atoms with Crippen LogP contribution in [0.4, 0.5) is 20.2 Å². The van der Waals surface area contributed by atoms with Gasteiger partial charge in [0.2, 0.25) is 0 Å². The number of hydrogen-bond donors (Lipinski definition) is 1. The first-order valence-corrected chi connectivity index (χ1v) is 8.43. The molecule has 27 heavy (non-hydrogen) atoms. The lowest BCUT2D eigenvalue weighted by Crippen LogP contribution is -2.04. The van der Waals surface area contributed by atoms with E-state index in [0.29, 0.717) is 17.0 Å². The molecule has 136 valence electrons. The van der Waals surface area contributed by atoms with Gasteiger partial charge in [-0.05, 0) is 12.1 Å². The maximum Gasteiger partial charge on any atom is 0.265 e. The molecule has 2 N–H and O–H groups in total. The van der Waals surface area contributed by atoms with E-state index in [4.69, 9.17) is 10.7 Å². The van der Waals surface area contributed by atoms with Crippen LogP contribution in [-0.2, 0) is 0 Å². The number of nitrogens with two attached hydrogens (primary N) is 1. The maximum absolute atomic E-state index is 13.4. The number of nitrogens with zero attached hydrogens (tertiary/aromatic N) is 2. The fourth-order valence-electron chi connectivity index (χ4n) is 2.79. The molecule has 0 aliphatic carbocycles. The SMILES string of the molecule is CN=Cc1cc(N=C(c2ccccc2)c2ccccc2)cc(C(F)F)c1N. The fraction of sp³-hybridized carbons (Fsp3) is 0.0909. The molecular weight excluding hydrogens is 344 g/mol. The van der Waals surface area contributed by atoms with Gasteiger partial charge in [0, 0.05) is 41.2 Å². The molecule has 0 fully saturated rings. The molecule has 3 aromatic rings. The summed E-state index contributed by atoms with van der Waals surface area (Å²) in [5.41, 5.74) is 8.96. The fourth-order valence-corrected chi connectivity index (χ4v) is 2.79. The molecule has 0 aliphatic heterocycles. The van der Waals surface area contributed by atoms with Crippen LogP contribution in [0, 0.1) is 0 Å². The molecule has 0 saturated heterocycles. The van der Waals surface area contributed by atoms with Crippen LogP contribution in [0.3, 0.4) is 0 Å². The Morgan fingerprint density at radius 3 is 1.96 bits per heavy atom. The Kier molecular flexibility index (Phi) is 5.71. The van der Waals surface area contributed by atoms with Crippen LogP contribution in [0.5, 0.6) is 0 Å². The van der Waals surface area contributed by atoms with Crippen molar-refractivity contribution in [1.82, 2.24) is 0 Å². The van der Waals surface area contributed by atoms with Crippen LogP contribution in [0.1, 0.15) is 28.7 Å². The van der Waals surface area contributed by atoms with Gasteiger partial charge in [0.1, 0.15) is 0 Å². The van der Waals surface area contributed by atoms with Crippen LogP contribution in [0.25, 0.3) is 0 Å². The third kappa shape index (κ3) is 4.26. The highest BCUT2D eigenvalue weighted by molar-refractivity contribution is 6.14. The summed E-state index contributed by atoms with van der Waals surface area (Å²) in [5.74, 6) is 0. The second-order valence-corrected chi connectivity index (χ2v) is 5.92. The molecule has 0 aliphatic rings. The minimum absolute atomic E-state index is 0.0236. The molecule has 0 heterocycles. The zero-order chi connectivity index (χ0) is 19.2. The minimum atomic E-state index is -2.69. The van der Waals surface area contributed by atoms with Crippen molar-refractivity contribution in [2.24, 2.45) is 9.98 Å². The first-order valence-electron chi connectivity index (χ1n) is 8.43. The van der Waals surface area contributed by atoms with Gasteiger partial charge in [-0.1, -0.05) is 60.7 Å². The summed E-state index contributed by atoms with van der Waals surface area (Å²) in [4.78, 5) is 8.60. The van der Waals surface area contributed by atoms with Gasteiger partial charge in [0.05, 0.1) is 11.4 Å². The molecule has 0 bridgehead atoms. The van der Waals surface area contributed by atoms with Crippen LogP contribution < -0.4 is 5.73 Å². The number of hydrogen-bond acceptors (Lipinski definition) is 3. The molecule has 0 aromatic heterocycles. The van der Waals surface area contributed by atoms with Gasteiger partial charge in [0.25, 0.3) is 6.43 Å². The number of rotatable bonds is 5. The summed E-state index contributed by atoms with van der Waals surface area (Å²) in [5, 5.41) is 0. The second kappa shape index (κ2) is 8.36. The summed E-state index contributed by atoms with van der Waals surface area (Å²) in [6.07, 6.45) is -1.23. The normalized spacial score (nSPS) is 11.1. The Labute approximate surface area is 156 Å². The molecule has 0 saturated carbocycles. The lowest BCUT2D eigenvalue weighted by atomic mass is 10.0. The molecule has 3 nitrogen and oxygen atoms in total. The van der Waals surface area contributed by atoms with Crippen LogP contribution >= 0.6 is 0 Å². The number of nitrogen functional groups attached to an aromatic ring is 1. The van der Waals surface area contributed by atoms with Gasteiger partial charge in [-0.25, -0.2) is 13.8 Å². The first-order chi connectivity index (χ1) is 13.1. The summed E-state index contributed by atoms with van der Waals surface area (Å²) in [6, 6.07) is 22.2. The number of aliphatic imine (C=N–C) groups is 2.